The highest BCUT2D eigenvalue weighted by molar-refractivity contribution is 7.92. The van der Waals surface area contributed by atoms with Gasteiger partial charge in [-0.1, -0.05) is 53.5 Å². The lowest BCUT2D eigenvalue weighted by atomic mass is 9.92. The number of carbonyl (C=O) groups is 1. The summed E-state index contributed by atoms with van der Waals surface area (Å²) in [4.78, 5) is 16.8. The van der Waals surface area contributed by atoms with Crippen molar-refractivity contribution in [2.24, 2.45) is 0 Å². The van der Waals surface area contributed by atoms with Crippen LogP contribution in [-0.2, 0) is 27.6 Å². The topological polar surface area (TPSA) is 93.9 Å². The summed E-state index contributed by atoms with van der Waals surface area (Å²) in [5.74, 6) is -1.21. The first-order valence-electron chi connectivity index (χ1n) is 11.8. The van der Waals surface area contributed by atoms with Gasteiger partial charge < -0.3 is 5.32 Å². The van der Waals surface area contributed by atoms with Crippen molar-refractivity contribution < 1.29 is 13.2 Å². The number of allylic oxidation sites excluding steroid dienone is 1. The first kappa shape index (κ1) is 25.4. The van der Waals surface area contributed by atoms with Gasteiger partial charge in [0.15, 0.2) is 9.84 Å². The van der Waals surface area contributed by atoms with Gasteiger partial charge in [0.05, 0.1) is 28.8 Å². The maximum atomic E-state index is 12.8. The first-order chi connectivity index (χ1) is 17.8. The lowest BCUT2D eigenvalue weighted by Crippen LogP contribution is -2.30. The van der Waals surface area contributed by atoms with Crippen molar-refractivity contribution in [3.8, 4) is 0 Å². The average Bonchev–Trinajstić information content (AvgIpc) is 3.29. The van der Waals surface area contributed by atoms with Crippen LogP contribution in [0, 0.1) is 0 Å². The summed E-state index contributed by atoms with van der Waals surface area (Å²) >= 11 is 12.4. The minimum Gasteiger partial charge on any atom is -0.352 e. The fourth-order valence-corrected chi connectivity index (χ4v) is 6.11. The second-order valence-electron chi connectivity index (χ2n) is 8.92. The van der Waals surface area contributed by atoms with E-state index < -0.39 is 21.5 Å². The average molecular weight is 555 g/mol. The van der Waals surface area contributed by atoms with E-state index in [1.807, 2.05) is 35.2 Å². The van der Waals surface area contributed by atoms with Crippen LogP contribution in [0.4, 0.5) is 0 Å². The van der Waals surface area contributed by atoms with Crippen LogP contribution in [0.15, 0.2) is 71.9 Å². The zero-order valence-electron chi connectivity index (χ0n) is 19.8. The normalized spacial score (nSPS) is 14.6. The molecule has 7 nitrogen and oxygen atoms in total. The van der Waals surface area contributed by atoms with Gasteiger partial charge in [0, 0.05) is 28.2 Å². The molecule has 1 amide bonds. The SMILES string of the molecule is O=C(CS(=O)(=O)c1cnc2ccccc2c1)NC/C=C1\CCCc2cnn(Cc3ccc(Cl)cc3Cl)c21. The number of pyridine rings is 1. The molecule has 5 rings (SSSR count). The van der Waals surface area contributed by atoms with Gasteiger partial charge in [-0.15, -0.1) is 0 Å². The third kappa shape index (κ3) is 5.71. The first-order valence-corrected chi connectivity index (χ1v) is 14.2. The molecule has 1 aliphatic rings. The van der Waals surface area contributed by atoms with E-state index in [9.17, 15) is 13.2 Å². The highest BCUT2D eigenvalue weighted by atomic mass is 35.5. The summed E-state index contributed by atoms with van der Waals surface area (Å²) in [6, 6.07) is 14.2. The van der Waals surface area contributed by atoms with Gasteiger partial charge >= 0.3 is 0 Å². The Morgan fingerprint density at radius 2 is 1.92 bits per heavy atom. The Labute approximate surface area is 225 Å². The number of hydrogen-bond acceptors (Lipinski definition) is 5. The summed E-state index contributed by atoms with van der Waals surface area (Å²) < 4.78 is 27.5. The van der Waals surface area contributed by atoms with E-state index in [1.165, 1.54) is 6.20 Å². The number of benzene rings is 2. The number of para-hydroxylation sites is 1. The Morgan fingerprint density at radius 3 is 2.76 bits per heavy atom. The molecular weight excluding hydrogens is 531 g/mol. The molecule has 0 aliphatic heterocycles. The van der Waals surface area contributed by atoms with Crippen molar-refractivity contribution in [2.75, 3.05) is 12.3 Å². The zero-order valence-corrected chi connectivity index (χ0v) is 22.2. The van der Waals surface area contributed by atoms with Crippen molar-refractivity contribution in [1.29, 1.82) is 0 Å². The van der Waals surface area contributed by atoms with Crippen molar-refractivity contribution in [1.82, 2.24) is 20.1 Å². The lowest BCUT2D eigenvalue weighted by molar-refractivity contribution is -0.118. The molecule has 0 atom stereocenters. The Balaban J connectivity index is 1.27. The van der Waals surface area contributed by atoms with Crippen LogP contribution in [0.25, 0.3) is 16.5 Å². The van der Waals surface area contributed by atoms with Crippen molar-refractivity contribution in [3.63, 3.8) is 0 Å². The van der Waals surface area contributed by atoms with Crippen LogP contribution >= 0.6 is 23.2 Å². The van der Waals surface area contributed by atoms with Crippen molar-refractivity contribution in [2.45, 2.75) is 30.7 Å². The molecule has 1 N–H and O–H groups in total. The maximum absolute atomic E-state index is 12.8. The molecule has 0 spiro atoms. The number of nitrogens with one attached hydrogen (secondary N) is 1. The van der Waals surface area contributed by atoms with Gasteiger partial charge in [0.1, 0.15) is 5.75 Å². The predicted octanol–water partition coefficient (Wildman–Crippen LogP) is 5.10. The molecule has 10 heteroatoms. The second kappa shape index (κ2) is 10.7. The second-order valence-corrected chi connectivity index (χ2v) is 11.8. The van der Waals surface area contributed by atoms with Crippen LogP contribution in [0.2, 0.25) is 10.0 Å². The van der Waals surface area contributed by atoms with Gasteiger partial charge in [-0.05, 0) is 60.2 Å². The number of sulfone groups is 1. The summed E-state index contributed by atoms with van der Waals surface area (Å²) in [5.41, 5.74) is 4.82. The highest BCUT2D eigenvalue weighted by Gasteiger charge is 2.22. The Morgan fingerprint density at radius 1 is 1.08 bits per heavy atom. The molecule has 1 aliphatic carbocycles. The molecule has 0 saturated carbocycles. The fourth-order valence-electron chi connectivity index (χ4n) is 4.51. The van der Waals surface area contributed by atoms with Gasteiger partial charge in [-0.25, -0.2) is 8.42 Å². The molecule has 190 valence electrons. The molecule has 4 aromatic rings. The third-order valence-electron chi connectivity index (χ3n) is 6.34. The Kier molecular flexibility index (Phi) is 7.33. The molecule has 2 aromatic heterocycles. The lowest BCUT2D eigenvalue weighted by Gasteiger charge is -2.18. The number of carbonyl (C=O) groups excluding carboxylic acids is 1. The van der Waals surface area contributed by atoms with Gasteiger partial charge in [-0.2, -0.15) is 5.10 Å². The molecular formula is C27H24Cl2N4O3S. The fraction of sp³-hybridized carbons (Fsp3) is 0.222. The smallest absolute Gasteiger partial charge is 0.235 e. The van der Waals surface area contributed by atoms with E-state index in [0.717, 1.165) is 41.7 Å². The largest absolute Gasteiger partial charge is 0.352 e. The van der Waals surface area contributed by atoms with Crippen molar-refractivity contribution >= 4 is 55.4 Å². The molecule has 0 unspecified atom stereocenters. The summed E-state index contributed by atoms with van der Waals surface area (Å²) in [6.45, 7) is 0.707. The number of rotatable bonds is 7. The number of hydrogen-bond donors (Lipinski definition) is 1. The van der Waals surface area contributed by atoms with Crippen LogP contribution in [0.5, 0.6) is 0 Å². The summed E-state index contributed by atoms with van der Waals surface area (Å²) in [5, 5.41) is 9.14. The monoisotopic (exact) mass is 554 g/mol. The van der Waals surface area contributed by atoms with Crippen LogP contribution in [0.3, 0.4) is 0 Å². The standard InChI is InChI=1S/C27H24Cl2N4O3S/c28-22-9-8-21(24(29)13-22)16-33-27-18(5-3-6-20(27)14-32-33)10-11-30-26(34)17-37(35,36)23-12-19-4-1-2-7-25(19)31-15-23/h1-2,4,7-10,12-15H,3,5-6,11,16-17H2,(H,30,34)/b18-10+. The Hall–Kier alpha value is -3.20. The van der Waals surface area contributed by atoms with Crippen molar-refractivity contribution in [3.05, 3.63) is 93.9 Å². The van der Waals surface area contributed by atoms with Crippen LogP contribution < -0.4 is 5.32 Å². The van der Waals surface area contributed by atoms with E-state index in [1.54, 1.807) is 30.3 Å². The summed E-state index contributed by atoms with van der Waals surface area (Å²) in [7, 11) is -3.83. The number of fused-ring (bicyclic) bond motifs is 2. The van der Waals surface area contributed by atoms with E-state index in [4.69, 9.17) is 23.2 Å². The van der Waals surface area contributed by atoms with E-state index in [-0.39, 0.29) is 11.4 Å². The van der Waals surface area contributed by atoms with Crippen LogP contribution in [0.1, 0.15) is 29.7 Å². The maximum Gasteiger partial charge on any atom is 0.235 e. The minimum atomic E-state index is -3.83. The third-order valence-corrected chi connectivity index (χ3v) is 8.51. The quantitative estimate of drug-likeness (QED) is 0.343. The molecule has 37 heavy (non-hydrogen) atoms. The Bertz CT molecular complexity index is 1630. The minimum absolute atomic E-state index is 0.0291. The predicted molar refractivity (Wildman–Crippen MR) is 146 cm³/mol. The van der Waals surface area contributed by atoms with Gasteiger partial charge in [0.2, 0.25) is 5.91 Å². The highest BCUT2D eigenvalue weighted by Crippen LogP contribution is 2.32. The molecule has 2 aromatic carbocycles. The molecule has 2 heterocycles. The number of nitrogens with zero attached hydrogens (tertiary/aromatic N) is 3. The number of halogens is 2. The molecule has 0 bridgehead atoms. The van der Waals surface area contributed by atoms with Crippen LogP contribution in [-0.4, -0.2) is 41.4 Å². The van der Waals surface area contributed by atoms with E-state index in [2.05, 4.69) is 15.4 Å². The number of amides is 1. The zero-order chi connectivity index (χ0) is 26.0. The number of aryl methyl sites for hydroxylation is 1. The van der Waals surface area contributed by atoms with E-state index in [0.29, 0.717) is 27.5 Å². The summed E-state index contributed by atoms with van der Waals surface area (Å²) in [6.07, 6.45) is 7.83. The van der Waals surface area contributed by atoms with Gasteiger partial charge in [0.25, 0.3) is 0 Å². The van der Waals surface area contributed by atoms with Gasteiger partial charge in [-0.3, -0.25) is 14.5 Å². The van der Waals surface area contributed by atoms with E-state index >= 15 is 0 Å². The molecule has 0 saturated heterocycles. The molecule has 0 fully saturated rings. The molecule has 0 radical (unpaired) electrons. The number of aromatic nitrogens is 3.